The van der Waals surface area contributed by atoms with Crippen LogP contribution in [0.3, 0.4) is 0 Å². The van der Waals surface area contributed by atoms with Crippen molar-refractivity contribution in [3.63, 3.8) is 0 Å². The van der Waals surface area contributed by atoms with Gasteiger partial charge in [-0.05, 0) is 36.7 Å². The average molecular weight is 701 g/mol. The van der Waals surface area contributed by atoms with Crippen LogP contribution in [0, 0.1) is 11.9 Å². The molecule has 0 saturated heterocycles. The maximum Gasteiger partial charge on any atom is 0.155 e. The van der Waals surface area contributed by atoms with Gasteiger partial charge in [0.2, 0.25) is 0 Å². The molecule has 203 valence electrons. The van der Waals surface area contributed by atoms with Crippen molar-refractivity contribution in [2.45, 2.75) is 46.0 Å². The third-order valence-corrected chi connectivity index (χ3v) is 6.13. The number of aryl methyl sites for hydroxylation is 1. The van der Waals surface area contributed by atoms with E-state index in [1.807, 2.05) is 47.0 Å². The Balaban J connectivity index is 0.000000222. The Morgan fingerprint density at radius 1 is 1.18 bits per heavy atom. The molecule has 0 saturated carbocycles. The van der Waals surface area contributed by atoms with E-state index in [2.05, 4.69) is 38.4 Å². The van der Waals surface area contributed by atoms with Crippen LogP contribution in [0.1, 0.15) is 50.9 Å². The number of pyridine rings is 2. The van der Waals surface area contributed by atoms with Crippen molar-refractivity contribution < 1.29 is 34.4 Å². The number of aliphatic hydroxyl groups is 1. The summed E-state index contributed by atoms with van der Waals surface area (Å²) < 4.78 is 15.4. The monoisotopic (exact) mass is 701 g/mol. The van der Waals surface area contributed by atoms with Crippen LogP contribution in [0.5, 0.6) is 0 Å². The normalized spacial score (nSPS) is 11.7. The van der Waals surface area contributed by atoms with Crippen LogP contribution in [0.15, 0.2) is 79.3 Å². The number of fused-ring (bicyclic) bond motifs is 5. The number of benzene rings is 2. The molecule has 3 aromatic heterocycles. The molecule has 0 fully saturated rings. The van der Waals surface area contributed by atoms with Crippen molar-refractivity contribution in [3.05, 3.63) is 108 Å². The van der Waals surface area contributed by atoms with Crippen LogP contribution < -0.4 is 0 Å². The van der Waals surface area contributed by atoms with Crippen molar-refractivity contribution in [1.29, 1.82) is 0 Å². The van der Waals surface area contributed by atoms with Crippen LogP contribution in [0.2, 0.25) is 0 Å². The summed E-state index contributed by atoms with van der Waals surface area (Å²) in [6.45, 7) is 11.5. The molecule has 0 atom stereocenters. The molecule has 5 rings (SSSR count). The number of imidazole rings is 1. The van der Waals surface area contributed by atoms with Gasteiger partial charge in [0, 0.05) is 50.0 Å². The van der Waals surface area contributed by atoms with Gasteiger partial charge in [-0.15, -0.1) is 29.0 Å². The molecule has 5 aromatic rings. The summed E-state index contributed by atoms with van der Waals surface area (Å²) in [7, 11) is 0. The van der Waals surface area contributed by atoms with Gasteiger partial charge in [-0.3, -0.25) is 19.2 Å². The molecule has 0 aliphatic carbocycles. The van der Waals surface area contributed by atoms with Gasteiger partial charge in [0.15, 0.2) is 5.78 Å². The predicted molar refractivity (Wildman–Crippen MR) is 152 cm³/mol. The summed E-state index contributed by atoms with van der Waals surface area (Å²) >= 11 is 0. The molecule has 2 aromatic carbocycles. The first kappa shape index (κ1) is 29.9. The molecule has 39 heavy (non-hydrogen) atoms. The number of aliphatic hydroxyl groups excluding tert-OH is 1. The molecule has 3 heterocycles. The second-order valence-corrected chi connectivity index (χ2v) is 10.2. The third-order valence-electron chi connectivity index (χ3n) is 6.13. The van der Waals surface area contributed by atoms with Crippen LogP contribution in [-0.4, -0.2) is 25.3 Å². The number of halogens is 1. The number of carbonyl (C=O) groups excluding carboxylic acids is 1. The first-order chi connectivity index (χ1) is 18.1. The van der Waals surface area contributed by atoms with Gasteiger partial charge in [-0.1, -0.05) is 63.8 Å². The number of hydrogen-bond donors (Lipinski definition) is 1. The smallest absolute Gasteiger partial charge is 0.155 e. The van der Waals surface area contributed by atoms with E-state index in [0.29, 0.717) is 6.42 Å². The summed E-state index contributed by atoms with van der Waals surface area (Å²) in [6, 6.07) is 17.6. The van der Waals surface area contributed by atoms with Crippen molar-refractivity contribution in [2.75, 3.05) is 0 Å². The minimum atomic E-state index is -0.287. The Hall–Kier alpha value is -3.67. The Morgan fingerprint density at radius 3 is 2.54 bits per heavy atom. The number of carbonyl (C=O) groups is 1. The first-order valence-corrected chi connectivity index (χ1v) is 12.5. The molecule has 0 spiro atoms. The minimum Gasteiger partial charge on any atom is -0.512 e. The molecule has 0 unspecified atom stereocenters. The fourth-order valence-electron chi connectivity index (χ4n) is 4.28. The van der Waals surface area contributed by atoms with E-state index in [-0.39, 0.29) is 42.9 Å². The SMILES string of the molecule is C=Cc1ccc(CCC(O)=CC(C)=O)cc1.CC(C)(C)c1nccc2nc3c4[c-]cc(F)cc4ccn3c12.[Ir]. The van der Waals surface area contributed by atoms with Crippen LogP contribution in [-0.2, 0) is 36.7 Å². The van der Waals surface area contributed by atoms with E-state index < -0.39 is 0 Å². The summed E-state index contributed by atoms with van der Waals surface area (Å²) in [4.78, 5) is 20.0. The van der Waals surface area contributed by atoms with Crippen LogP contribution in [0.25, 0.3) is 33.5 Å². The van der Waals surface area contributed by atoms with Gasteiger partial charge in [0.05, 0.1) is 28.1 Å². The maximum absolute atomic E-state index is 13.4. The molecule has 0 amide bonds. The van der Waals surface area contributed by atoms with E-state index in [9.17, 15) is 14.3 Å². The fourth-order valence-corrected chi connectivity index (χ4v) is 4.28. The van der Waals surface area contributed by atoms with Crippen molar-refractivity contribution in [2.24, 2.45) is 0 Å². The molecular formula is C32H31FIrN3O2-. The van der Waals surface area contributed by atoms with Gasteiger partial charge in [-0.25, -0.2) is 0 Å². The third kappa shape index (κ3) is 7.05. The summed E-state index contributed by atoms with van der Waals surface area (Å²) in [5, 5.41) is 11.0. The van der Waals surface area contributed by atoms with Gasteiger partial charge >= 0.3 is 0 Å². The molecular weight excluding hydrogens is 670 g/mol. The van der Waals surface area contributed by atoms with E-state index >= 15 is 0 Å². The number of allylic oxidation sites excluding steroid dienone is 2. The Kier molecular flexibility index (Phi) is 9.54. The van der Waals surface area contributed by atoms with Gasteiger partial charge < -0.3 is 9.51 Å². The van der Waals surface area contributed by atoms with Crippen LogP contribution >= 0.6 is 0 Å². The topological polar surface area (TPSA) is 67.5 Å². The van der Waals surface area contributed by atoms with Gasteiger partial charge in [0.1, 0.15) is 0 Å². The van der Waals surface area contributed by atoms with Crippen LogP contribution in [0.4, 0.5) is 4.39 Å². The van der Waals surface area contributed by atoms with E-state index in [0.717, 1.165) is 50.7 Å². The number of rotatable bonds is 5. The number of aromatic nitrogens is 3. The zero-order valence-corrected chi connectivity index (χ0v) is 24.9. The Bertz CT molecular complexity index is 1670. The predicted octanol–water partition coefficient (Wildman–Crippen LogP) is 7.56. The molecule has 1 radical (unpaired) electrons. The van der Waals surface area contributed by atoms with Gasteiger partial charge in [0.25, 0.3) is 0 Å². The minimum absolute atomic E-state index is 0. The largest absolute Gasteiger partial charge is 0.512 e. The fraction of sp³-hybridized carbons (Fsp3) is 0.219. The second-order valence-electron chi connectivity index (χ2n) is 10.2. The Labute approximate surface area is 241 Å². The standard InChI is InChI=1S/C18H15FN3.C14H16O2.Ir/c1-18(2,3)16-15-14(6-8-20-16)21-17-13-5-4-12(19)10-11(13)7-9-22(15)17;1-3-12-4-6-13(7-5-12)8-9-14(16)10-11(2)15;/h4,6-10H,1-3H3;3-7,10,16H,1,8-9H2,2H3;/q-1;;. The number of ketones is 1. The molecule has 0 bridgehead atoms. The summed E-state index contributed by atoms with van der Waals surface area (Å²) in [5.74, 6) is -0.273. The molecule has 7 heteroatoms. The van der Waals surface area contributed by atoms with Crippen molar-refractivity contribution >= 4 is 39.3 Å². The second kappa shape index (κ2) is 12.5. The zero-order valence-electron chi connectivity index (χ0n) is 22.5. The zero-order chi connectivity index (χ0) is 27.4. The molecule has 1 N–H and O–H groups in total. The van der Waals surface area contributed by atoms with Gasteiger partial charge in [-0.2, -0.15) is 0 Å². The number of hydrogen-bond acceptors (Lipinski definition) is 4. The van der Waals surface area contributed by atoms with Crippen molar-refractivity contribution in [1.82, 2.24) is 14.4 Å². The number of nitrogens with zero attached hydrogens (tertiary/aromatic N) is 3. The quantitative estimate of drug-likeness (QED) is 0.117. The van der Waals surface area contributed by atoms with Crippen molar-refractivity contribution in [3.8, 4) is 0 Å². The van der Waals surface area contributed by atoms with E-state index in [4.69, 9.17) is 4.98 Å². The molecule has 5 nitrogen and oxygen atoms in total. The molecule has 0 aliphatic rings. The van der Waals surface area contributed by atoms with E-state index in [1.165, 1.54) is 25.1 Å². The average Bonchev–Trinajstić information content (AvgIpc) is 3.26. The summed E-state index contributed by atoms with van der Waals surface area (Å²) in [6.07, 6.45) is 7.99. The first-order valence-electron chi connectivity index (χ1n) is 12.5. The summed E-state index contributed by atoms with van der Waals surface area (Å²) in [5.41, 5.74) is 5.80. The maximum atomic E-state index is 13.4. The Morgan fingerprint density at radius 2 is 1.90 bits per heavy atom. The van der Waals surface area contributed by atoms with E-state index in [1.54, 1.807) is 12.3 Å². The molecule has 0 aliphatic heterocycles.